The van der Waals surface area contributed by atoms with Crippen molar-refractivity contribution in [2.45, 2.75) is 20.3 Å². The van der Waals surface area contributed by atoms with Crippen LogP contribution in [0.2, 0.25) is 0 Å². The summed E-state index contributed by atoms with van der Waals surface area (Å²) in [5, 5.41) is 4.40. The molecule has 21 heavy (non-hydrogen) atoms. The van der Waals surface area contributed by atoms with Gasteiger partial charge in [-0.25, -0.2) is 14.1 Å². The molecule has 0 N–H and O–H groups in total. The van der Waals surface area contributed by atoms with Crippen molar-refractivity contribution in [2.75, 3.05) is 5.88 Å². The van der Waals surface area contributed by atoms with Crippen LogP contribution in [0.3, 0.4) is 0 Å². The molecule has 0 amide bonds. The Morgan fingerprint density at radius 3 is 2.76 bits per heavy atom. The van der Waals surface area contributed by atoms with Gasteiger partial charge in [-0.1, -0.05) is 6.07 Å². The van der Waals surface area contributed by atoms with Crippen LogP contribution in [0.5, 0.6) is 0 Å². The first kappa shape index (κ1) is 14.1. The lowest BCUT2D eigenvalue weighted by Gasteiger charge is -2.12. The monoisotopic (exact) mass is 306 g/mol. The number of aromatic nitrogens is 4. The smallest absolute Gasteiger partial charge is 0.163 e. The standard InChI is InChI=1S/C15H16ClFN4/c1-9-11(17)5-4-6-12(9)21-13(7-8-16)18-14-10(2)19-20(3)15(14)21/h4-6H,7-8H2,1-3H3. The largest absolute Gasteiger partial charge is 0.280 e. The number of nitrogens with zero attached hydrogens (tertiary/aromatic N) is 4. The Bertz CT molecular complexity index is 819. The van der Waals surface area contributed by atoms with Crippen LogP contribution in [0, 0.1) is 19.7 Å². The Hall–Kier alpha value is -1.88. The van der Waals surface area contributed by atoms with Gasteiger partial charge in [0.1, 0.15) is 17.2 Å². The van der Waals surface area contributed by atoms with Gasteiger partial charge in [-0.15, -0.1) is 11.6 Å². The molecule has 1 aromatic carbocycles. The van der Waals surface area contributed by atoms with Crippen molar-refractivity contribution in [1.82, 2.24) is 19.3 Å². The number of imidazole rings is 1. The van der Waals surface area contributed by atoms with E-state index in [4.69, 9.17) is 11.6 Å². The van der Waals surface area contributed by atoms with Gasteiger partial charge >= 0.3 is 0 Å². The maximum atomic E-state index is 13.9. The Morgan fingerprint density at radius 2 is 2.05 bits per heavy atom. The number of hydrogen-bond donors (Lipinski definition) is 0. The van der Waals surface area contributed by atoms with E-state index in [1.807, 2.05) is 24.6 Å². The quantitative estimate of drug-likeness (QED) is 0.696. The molecule has 0 radical (unpaired) electrons. The van der Waals surface area contributed by atoms with Gasteiger partial charge in [0.05, 0.1) is 11.4 Å². The van der Waals surface area contributed by atoms with Crippen LogP contribution in [-0.4, -0.2) is 25.2 Å². The van der Waals surface area contributed by atoms with Gasteiger partial charge < -0.3 is 0 Å². The van der Waals surface area contributed by atoms with E-state index in [0.717, 1.165) is 28.4 Å². The maximum Gasteiger partial charge on any atom is 0.163 e. The third-order valence-electron chi connectivity index (χ3n) is 3.67. The highest BCUT2D eigenvalue weighted by Gasteiger charge is 2.20. The Labute approximate surface area is 127 Å². The lowest BCUT2D eigenvalue weighted by Crippen LogP contribution is -2.08. The van der Waals surface area contributed by atoms with E-state index in [-0.39, 0.29) is 5.82 Å². The van der Waals surface area contributed by atoms with Gasteiger partial charge in [-0.05, 0) is 26.0 Å². The molecule has 0 atom stereocenters. The van der Waals surface area contributed by atoms with Crippen LogP contribution >= 0.6 is 11.6 Å². The molecule has 110 valence electrons. The molecule has 0 aliphatic heterocycles. The van der Waals surface area contributed by atoms with Crippen molar-refractivity contribution in [3.05, 3.63) is 41.1 Å². The van der Waals surface area contributed by atoms with Crippen molar-refractivity contribution < 1.29 is 4.39 Å². The minimum Gasteiger partial charge on any atom is -0.280 e. The first-order chi connectivity index (χ1) is 10.0. The minimum atomic E-state index is -0.231. The normalized spacial score (nSPS) is 11.5. The molecule has 2 heterocycles. The SMILES string of the molecule is Cc1c(F)cccc1-n1c(CCCl)nc2c(C)nn(C)c21. The fourth-order valence-electron chi connectivity index (χ4n) is 2.66. The van der Waals surface area contributed by atoms with Gasteiger partial charge in [0, 0.05) is 24.9 Å². The molecule has 0 spiro atoms. The summed E-state index contributed by atoms with van der Waals surface area (Å²) in [5.41, 5.74) is 3.92. The molecule has 0 saturated heterocycles. The maximum absolute atomic E-state index is 13.9. The zero-order chi connectivity index (χ0) is 15.1. The van der Waals surface area contributed by atoms with E-state index in [1.54, 1.807) is 17.7 Å². The molecule has 0 unspecified atom stereocenters. The summed E-state index contributed by atoms with van der Waals surface area (Å²) in [4.78, 5) is 4.64. The van der Waals surface area contributed by atoms with Gasteiger partial charge in [0.25, 0.3) is 0 Å². The summed E-state index contributed by atoms with van der Waals surface area (Å²) < 4.78 is 17.6. The highest BCUT2D eigenvalue weighted by atomic mass is 35.5. The zero-order valence-corrected chi connectivity index (χ0v) is 12.9. The number of alkyl halides is 1. The van der Waals surface area contributed by atoms with E-state index < -0.39 is 0 Å². The van der Waals surface area contributed by atoms with Crippen molar-refractivity contribution in [3.63, 3.8) is 0 Å². The fourth-order valence-corrected chi connectivity index (χ4v) is 2.83. The van der Waals surface area contributed by atoms with Crippen LogP contribution < -0.4 is 0 Å². The second kappa shape index (κ2) is 5.15. The van der Waals surface area contributed by atoms with Crippen LogP contribution in [0.4, 0.5) is 4.39 Å². The van der Waals surface area contributed by atoms with Gasteiger partial charge in [0.2, 0.25) is 0 Å². The van der Waals surface area contributed by atoms with Crippen LogP contribution in [0.1, 0.15) is 17.1 Å². The summed E-state index contributed by atoms with van der Waals surface area (Å²) in [6.45, 7) is 3.69. The van der Waals surface area contributed by atoms with Gasteiger partial charge in [-0.2, -0.15) is 5.10 Å². The topological polar surface area (TPSA) is 35.6 Å². The number of hydrogen-bond acceptors (Lipinski definition) is 2. The summed E-state index contributed by atoms with van der Waals surface area (Å²) in [5.74, 6) is 1.05. The molecule has 0 aliphatic carbocycles. The van der Waals surface area contributed by atoms with Gasteiger partial charge in [0.15, 0.2) is 5.65 Å². The third-order valence-corrected chi connectivity index (χ3v) is 3.86. The zero-order valence-electron chi connectivity index (χ0n) is 12.2. The Balaban J connectivity index is 2.38. The molecule has 6 heteroatoms. The lowest BCUT2D eigenvalue weighted by molar-refractivity contribution is 0.616. The minimum absolute atomic E-state index is 0.231. The van der Waals surface area contributed by atoms with E-state index in [0.29, 0.717) is 17.9 Å². The molecular weight excluding hydrogens is 291 g/mol. The Morgan fingerprint density at radius 1 is 1.29 bits per heavy atom. The average Bonchev–Trinajstić information content (AvgIpc) is 2.93. The van der Waals surface area contributed by atoms with Crippen molar-refractivity contribution in [3.8, 4) is 5.69 Å². The van der Waals surface area contributed by atoms with E-state index >= 15 is 0 Å². The highest BCUT2D eigenvalue weighted by Crippen LogP contribution is 2.26. The molecule has 0 saturated carbocycles. The molecule has 0 fully saturated rings. The fraction of sp³-hybridized carbons (Fsp3) is 0.333. The third kappa shape index (κ3) is 2.12. The predicted octanol–water partition coefficient (Wildman–Crippen LogP) is 3.30. The molecule has 3 rings (SSSR count). The predicted molar refractivity (Wildman–Crippen MR) is 81.7 cm³/mol. The van der Waals surface area contributed by atoms with Crippen molar-refractivity contribution in [2.24, 2.45) is 7.05 Å². The molecule has 3 aromatic rings. The number of halogens is 2. The second-order valence-corrected chi connectivity index (χ2v) is 5.45. The number of benzene rings is 1. The van der Waals surface area contributed by atoms with Crippen LogP contribution in [0.15, 0.2) is 18.2 Å². The summed E-state index contributed by atoms with van der Waals surface area (Å²) in [7, 11) is 1.87. The number of aryl methyl sites for hydroxylation is 3. The summed E-state index contributed by atoms with van der Waals surface area (Å²) >= 11 is 5.89. The van der Waals surface area contributed by atoms with Crippen LogP contribution in [0.25, 0.3) is 16.9 Å². The van der Waals surface area contributed by atoms with Crippen molar-refractivity contribution in [1.29, 1.82) is 0 Å². The Kier molecular flexibility index (Phi) is 3.45. The lowest BCUT2D eigenvalue weighted by atomic mass is 10.2. The van der Waals surface area contributed by atoms with Crippen LogP contribution in [-0.2, 0) is 13.5 Å². The first-order valence-electron chi connectivity index (χ1n) is 6.77. The van der Waals surface area contributed by atoms with E-state index in [1.165, 1.54) is 6.07 Å². The molecule has 0 aliphatic rings. The highest BCUT2D eigenvalue weighted by molar-refractivity contribution is 6.17. The average molecular weight is 307 g/mol. The number of rotatable bonds is 3. The molecule has 4 nitrogen and oxygen atoms in total. The number of fused-ring (bicyclic) bond motifs is 1. The molecular formula is C15H16ClFN4. The molecule has 2 aromatic heterocycles. The summed E-state index contributed by atoms with van der Waals surface area (Å²) in [6.07, 6.45) is 0.617. The summed E-state index contributed by atoms with van der Waals surface area (Å²) in [6, 6.07) is 5.06. The van der Waals surface area contributed by atoms with E-state index in [2.05, 4.69) is 10.1 Å². The van der Waals surface area contributed by atoms with E-state index in [9.17, 15) is 4.39 Å². The second-order valence-electron chi connectivity index (χ2n) is 5.07. The molecule has 0 bridgehead atoms. The van der Waals surface area contributed by atoms with Gasteiger partial charge in [-0.3, -0.25) is 4.57 Å². The first-order valence-corrected chi connectivity index (χ1v) is 7.30. The van der Waals surface area contributed by atoms with Crippen molar-refractivity contribution >= 4 is 22.8 Å².